The summed E-state index contributed by atoms with van der Waals surface area (Å²) < 4.78 is 15.2. The minimum atomic E-state index is -0.219. The summed E-state index contributed by atoms with van der Waals surface area (Å²) in [5, 5.41) is 9.60. The van der Waals surface area contributed by atoms with Gasteiger partial charge in [-0.15, -0.1) is 10.2 Å². The van der Waals surface area contributed by atoms with Crippen molar-refractivity contribution in [3.63, 3.8) is 0 Å². The van der Waals surface area contributed by atoms with E-state index in [4.69, 9.17) is 0 Å². The molecule has 0 aliphatic carbocycles. The summed E-state index contributed by atoms with van der Waals surface area (Å²) in [5.41, 5.74) is 3.26. The zero-order chi connectivity index (χ0) is 15.8. The standard InChI is InChI=1S/C17H15FN4S/c1-12-4-2-3-5-15(12)16-19-20-17-22(16)10-21(11-23-17)14-8-6-13(18)7-9-14/h2-9H,10-11H2,1H3. The van der Waals surface area contributed by atoms with Gasteiger partial charge in [-0.3, -0.25) is 4.57 Å². The molecule has 1 aliphatic heterocycles. The molecule has 3 aromatic rings. The van der Waals surface area contributed by atoms with Crippen LogP contribution in [0, 0.1) is 12.7 Å². The Kier molecular flexibility index (Phi) is 3.53. The monoisotopic (exact) mass is 326 g/mol. The number of rotatable bonds is 2. The summed E-state index contributed by atoms with van der Waals surface area (Å²) in [5.74, 6) is 1.43. The molecule has 2 heterocycles. The van der Waals surface area contributed by atoms with Gasteiger partial charge in [0.2, 0.25) is 0 Å². The number of benzene rings is 2. The van der Waals surface area contributed by atoms with E-state index < -0.39 is 0 Å². The molecule has 1 aromatic heterocycles. The van der Waals surface area contributed by atoms with E-state index in [0.29, 0.717) is 6.67 Å². The Labute approximate surface area is 138 Å². The van der Waals surface area contributed by atoms with Crippen LogP contribution in [0.2, 0.25) is 0 Å². The van der Waals surface area contributed by atoms with Crippen molar-refractivity contribution in [1.29, 1.82) is 0 Å². The maximum Gasteiger partial charge on any atom is 0.194 e. The van der Waals surface area contributed by atoms with Crippen molar-refractivity contribution in [2.75, 3.05) is 10.8 Å². The van der Waals surface area contributed by atoms with Gasteiger partial charge in [-0.2, -0.15) is 0 Å². The van der Waals surface area contributed by atoms with E-state index in [0.717, 1.165) is 28.1 Å². The maximum absolute atomic E-state index is 13.1. The first-order valence-corrected chi connectivity index (χ1v) is 8.33. The van der Waals surface area contributed by atoms with Crippen molar-refractivity contribution < 1.29 is 4.39 Å². The molecule has 0 saturated carbocycles. The fraction of sp³-hybridized carbons (Fsp3) is 0.176. The highest BCUT2D eigenvalue weighted by molar-refractivity contribution is 7.99. The molecule has 0 fully saturated rings. The number of hydrogen-bond donors (Lipinski definition) is 0. The molecule has 0 spiro atoms. The van der Waals surface area contributed by atoms with Crippen molar-refractivity contribution >= 4 is 17.4 Å². The van der Waals surface area contributed by atoms with Gasteiger partial charge in [0.25, 0.3) is 0 Å². The molecule has 4 rings (SSSR count). The molecule has 0 atom stereocenters. The largest absolute Gasteiger partial charge is 0.344 e. The van der Waals surface area contributed by atoms with Crippen LogP contribution in [0.3, 0.4) is 0 Å². The predicted octanol–water partition coefficient (Wildman–Crippen LogP) is 3.92. The summed E-state index contributed by atoms with van der Waals surface area (Å²) in [6, 6.07) is 14.8. The Morgan fingerprint density at radius 2 is 1.83 bits per heavy atom. The van der Waals surface area contributed by atoms with E-state index in [9.17, 15) is 4.39 Å². The molecule has 0 bridgehead atoms. The Morgan fingerprint density at radius 3 is 2.61 bits per heavy atom. The van der Waals surface area contributed by atoms with E-state index in [2.05, 4.69) is 38.7 Å². The second kappa shape index (κ2) is 5.70. The van der Waals surface area contributed by atoms with Crippen molar-refractivity contribution in [3.05, 3.63) is 59.9 Å². The van der Waals surface area contributed by atoms with Gasteiger partial charge in [0.05, 0.1) is 12.5 Å². The third-order valence-electron chi connectivity index (χ3n) is 3.96. The first-order valence-electron chi connectivity index (χ1n) is 7.35. The molecule has 0 amide bonds. The summed E-state index contributed by atoms with van der Waals surface area (Å²) in [6.07, 6.45) is 0. The van der Waals surface area contributed by atoms with Crippen LogP contribution in [0.25, 0.3) is 11.4 Å². The zero-order valence-electron chi connectivity index (χ0n) is 12.6. The number of thioether (sulfide) groups is 1. The van der Waals surface area contributed by atoms with Crippen LogP contribution in [0.15, 0.2) is 53.7 Å². The van der Waals surface area contributed by atoms with E-state index >= 15 is 0 Å². The Hall–Kier alpha value is -2.34. The SMILES string of the molecule is Cc1ccccc1-c1nnc2n1CN(c1ccc(F)cc1)CS2. The lowest BCUT2D eigenvalue weighted by Gasteiger charge is -2.29. The lowest BCUT2D eigenvalue weighted by Crippen LogP contribution is -2.30. The van der Waals surface area contributed by atoms with Gasteiger partial charge in [-0.1, -0.05) is 36.0 Å². The minimum absolute atomic E-state index is 0.219. The lowest BCUT2D eigenvalue weighted by atomic mass is 10.1. The molecule has 4 nitrogen and oxygen atoms in total. The summed E-state index contributed by atoms with van der Waals surface area (Å²) >= 11 is 1.64. The highest BCUT2D eigenvalue weighted by Crippen LogP contribution is 2.32. The summed E-state index contributed by atoms with van der Waals surface area (Å²) in [7, 11) is 0. The number of nitrogens with zero attached hydrogens (tertiary/aromatic N) is 4. The van der Waals surface area contributed by atoms with Crippen LogP contribution in [-0.4, -0.2) is 20.6 Å². The number of fused-ring (bicyclic) bond motifs is 1. The van der Waals surface area contributed by atoms with Crippen molar-refractivity contribution in [2.24, 2.45) is 0 Å². The van der Waals surface area contributed by atoms with Crippen molar-refractivity contribution in [1.82, 2.24) is 14.8 Å². The Balaban J connectivity index is 1.70. The zero-order valence-corrected chi connectivity index (χ0v) is 13.4. The Bertz CT molecular complexity index is 844. The molecule has 0 radical (unpaired) electrons. The van der Waals surface area contributed by atoms with Crippen LogP contribution in [0.4, 0.5) is 10.1 Å². The predicted molar refractivity (Wildman–Crippen MR) is 89.8 cm³/mol. The molecule has 0 unspecified atom stereocenters. The molecule has 116 valence electrons. The fourth-order valence-electron chi connectivity index (χ4n) is 2.70. The van der Waals surface area contributed by atoms with Gasteiger partial charge >= 0.3 is 0 Å². The second-order valence-electron chi connectivity index (χ2n) is 5.48. The highest BCUT2D eigenvalue weighted by atomic mass is 32.2. The molecule has 23 heavy (non-hydrogen) atoms. The average molecular weight is 326 g/mol. The van der Waals surface area contributed by atoms with Crippen LogP contribution in [0.1, 0.15) is 5.56 Å². The van der Waals surface area contributed by atoms with Crippen LogP contribution in [0.5, 0.6) is 0 Å². The first kappa shape index (κ1) is 14.3. The normalized spacial score (nSPS) is 13.9. The van der Waals surface area contributed by atoms with Crippen molar-refractivity contribution in [3.8, 4) is 11.4 Å². The lowest BCUT2D eigenvalue weighted by molar-refractivity contribution is 0.604. The van der Waals surface area contributed by atoms with E-state index in [1.165, 1.54) is 17.7 Å². The van der Waals surface area contributed by atoms with Gasteiger partial charge in [0, 0.05) is 11.3 Å². The number of anilines is 1. The van der Waals surface area contributed by atoms with Crippen LogP contribution < -0.4 is 4.90 Å². The van der Waals surface area contributed by atoms with Gasteiger partial charge in [-0.25, -0.2) is 4.39 Å². The first-order chi connectivity index (χ1) is 11.2. The van der Waals surface area contributed by atoms with Gasteiger partial charge < -0.3 is 4.90 Å². The molecular formula is C17H15FN4S. The van der Waals surface area contributed by atoms with Crippen LogP contribution >= 0.6 is 11.8 Å². The minimum Gasteiger partial charge on any atom is -0.344 e. The molecule has 0 saturated heterocycles. The molecule has 0 N–H and O–H groups in total. The number of aryl methyl sites for hydroxylation is 1. The molecule has 1 aliphatic rings. The van der Waals surface area contributed by atoms with Crippen LogP contribution in [-0.2, 0) is 6.67 Å². The fourth-order valence-corrected chi connectivity index (χ4v) is 3.60. The third-order valence-corrected chi connectivity index (χ3v) is 4.96. The number of aromatic nitrogens is 3. The van der Waals surface area contributed by atoms with E-state index in [1.807, 2.05) is 12.1 Å². The second-order valence-corrected chi connectivity index (χ2v) is 6.39. The van der Waals surface area contributed by atoms with Gasteiger partial charge in [0.1, 0.15) is 5.82 Å². The topological polar surface area (TPSA) is 34.0 Å². The quantitative estimate of drug-likeness (QED) is 0.715. The Morgan fingerprint density at radius 1 is 1.04 bits per heavy atom. The molecule has 6 heteroatoms. The molecular weight excluding hydrogens is 311 g/mol. The summed E-state index contributed by atoms with van der Waals surface area (Å²) in [4.78, 5) is 2.18. The van der Waals surface area contributed by atoms with Crippen molar-refractivity contribution in [2.45, 2.75) is 18.7 Å². The maximum atomic E-state index is 13.1. The number of hydrogen-bond acceptors (Lipinski definition) is 4. The smallest absolute Gasteiger partial charge is 0.194 e. The average Bonchev–Trinajstić information content (AvgIpc) is 2.99. The van der Waals surface area contributed by atoms with E-state index in [1.54, 1.807) is 23.9 Å². The number of halogens is 1. The van der Waals surface area contributed by atoms with Gasteiger partial charge in [-0.05, 0) is 36.8 Å². The molecule has 2 aromatic carbocycles. The third kappa shape index (κ3) is 2.59. The van der Waals surface area contributed by atoms with E-state index in [-0.39, 0.29) is 5.82 Å². The highest BCUT2D eigenvalue weighted by Gasteiger charge is 2.23. The summed E-state index contributed by atoms with van der Waals surface area (Å²) in [6.45, 7) is 2.73. The van der Waals surface area contributed by atoms with Gasteiger partial charge in [0.15, 0.2) is 11.0 Å².